The van der Waals surface area contributed by atoms with Gasteiger partial charge < -0.3 is 0 Å². The number of halogens is 2. The Hall–Kier alpha value is -1.33. The zero-order chi connectivity index (χ0) is 16.4. The number of hydrogen-bond donors (Lipinski definition) is 0. The molecule has 2 aromatic rings. The summed E-state index contributed by atoms with van der Waals surface area (Å²) in [6.07, 6.45) is 2.62. The molecule has 0 aliphatic carbocycles. The highest BCUT2D eigenvalue weighted by molar-refractivity contribution is 7.89. The molecule has 0 radical (unpaired) electrons. The molecular formula is C17H15Cl2NO2S. The SMILES string of the molecule is O=S(=O)(c1cccc(Cl)c1Cl)N1CC=C(c2ccccc2)CC1. The molecule has 120 valence electrons. The zero-order valence-electron chi connectivity index (χ0n) is 12.2. The van der Waals surface area contributed by atoms with E-state index in [1.165, 1.54) is 10.4 Å². The van der Waals surface area contributed by atoms with Gasteiger partial charge in [0.25, 0.3) is 0 Å². The van der Waals surface area contributed by atoms with E-state index < -0.39 is 10.0 Å². The maximum atomic E-state index is 12.8. The summed E-state index contributed by atoms with van der Waals surface area (Å²) >= 11 is 12.0. The van der Waals surface area contributed by atoms with Crippen molar-refractivity contribution in [3.8, 4) is 0 Å². The Balaban J connectivity index is 1.87. The van der Waals surface area contributed by atoms with E-state index in [0.29, 0.717) is 19.5 Å². The normalized spacial score (nSPS) is 16.2. The lowest BCUT2D eigenvalue weighted by Crippen LogP contribution is -2.34. The van der Waals surface area contributed by atoms with Crippen LogP contribution in [0.5, 0.6) is 0 Å². The second-order valence-corrected chi connectivity index (χ2v) is 7.95. The molecule has 0 amide bonds. The van der Waals surface area contributed by atoms with Gasteiger partial charge in [-0.05, 0) is 29.7 Å². The van der Waals surface area contributed by atoms with Gasteiger partial charge >= 0.3 is 0 Å². The van der Waals surface area contributed by atoms with Gasteiger partial charge in [0.1, 0.15) is 4.90 Å². The monoisotopic (exact) mass is 367 g/mol. The van der Waals surface area contributed by atoms with E-state index in [9.17, 15) is 8.42 Å². The van der Waals surface area contributed by atoms with Gasteiger partial charge in [-0.2, -0.15) is 4.31 Å². The summed E-state index contributed by atoms with van der Waals surface area (Å²) in [6, 6.07) is 14.6. The van der Waals surface area contributed by atoms with E-state index in [0.717, 1.165) is 11.1 Å². The lowest BCUT2D eigenvalue weighted by Gasteiger charge is -2.26. The minimum Gasteiger partial charge on any atom is -0.207 e. The first-order chi connectivity index (χ1) is 11.0. The summed E-state index contributed by atoms with van der Waals surface area (Å²) in [5.74, 6) is 0. The van der Waals surface area contributed by atoms with Gasteiger partial charge in [-0.1, -0.05) is 65.7 Å². The average molecular weight is 368 g/mol. The minimum absolute atomic E-state index is 0.0585. The van der Waals surface area contributed by atoms with Crippen LogP contribution in [0.15, 0.2) is 59.5 Å². The third kappa shape index (κ3) is 3.31. The molecule has 0 saturated carbocycles. The Morgan fingerprint density at radius 2 is 1.70 bits per heavy atom. The molecule has 1 aliphatic heterocycles. The fourth-order valence-corrected chi connectivity index (χ4v) is 4.72. The van der Waals surface area contributed by atoms with E-state index in [4.69, 9.17) is 23.2 Å². The summed E-state index contributed by atoms with van der Waals surface area (Å²) < 4.78 is 26.9. The second-order valence-electron chi connectivity index (χ2n) is 5.26. The van der Waals surface area contributed by atoms with Crippen LogP contribution in [0.1, 0.15) is 12.0 Å². The quantitative estimate of drug-likeness (QED) is 0.802. The molecule has 6 heteroatoms. The molecule has 0 bridgehead atoms. The zero-order valence-corrected chi connectivity index (χ0v) is 14.6. The maximum Gasteiger partial charge on any atom is 0.244 e. The molecule has 0 N–H and O–H groups in total. The Morgan fingerprint density at radius 1 is 0.957 bits per heavy atom. The lowest BCUT2D eigenvalue weighted by atomic mass is 10.0. The molecule has 0 fully saturated rings. The van der Waals surface area contributed by atoms with E-state index in [-0.39, 0.29) is 14.9 Å². The average Bonchev–Trinajstić information content (AvgIpc) is 2.58. The molecule has 0 aromatic heterocycles. The van der Waals surface area contributed by atoms with Gasteiger partial charge in [0.15, 0.2) is 0 Å². The van der Waals surface area contributed by atoms with Crippen molar-refractivity contribution < 1.29 is 8.42 Å². The standard InChI is InChI=1S/C17H15Cl2NO2S/c18-15-7-4-8-16(17(15)19)23(21,22)20-11-9-14(10-12-20)13-5-2-1-3-6-13/h1-9H,10-12H2. The predicted molar refractivity (Wildman–Crippen MR) is 94.3 cm³/mol. The molecular weight excluding hydrogens is 353 g/mol. The Bertz CT molecular complexity index is 848. The molecule has 0 spiro atoms. The smallest absolute Gasteiger partial charge is 0.207 e. The topological polar surface area (TPSA) is 37.4 Å². The number of hydrogen-bond acceptors (Lipinski definition) is 2. The lowest BCUT2D eigenvalue weighted by molar-refractivity contribution is 0.441. The molecule has 2 aromatic carbocycles. The summed E-state index contributed by atoms with van der Waals surface area (Å²) in [7, 11) is -3.65. The van der Waals surface area contributed by atoms with Crippen molar-refractivity contribution in [2.24, 2.45) is 0 Å². The van der Waals surface area contributed by atoms with Crippen molar-refractivity contribution in [3.05, 3.63) is 70.2 Å². The fraction of sp³-hybridized carbons (Fsp3) is 0.176. The third-order valence-corrected chi connectivity index (χ3v) is 6.69. The van der Waals surface area contributed by atoms with Gasteiger partial charge in [0.2, 0.25) is 10.0 Å². The number of sulfonamides is 1. The van der Waals surface area contributed by atoms with Crippen molar-refractivity contribution >= 4 is 38.8 Å². The number of nitrogens with zero attached hydrogens (tertiary/aromatic N) is 1. The van der Waals surface area contributed by atoms with Gasteiger partial charge in [0.05, 0.1) is 10.0 Å². The van der Waals surface area contributed by atoms with E-state index in [1.807, 2.05) is 36.4 Å². The third-order valence-electron chi connectivity index (χ3n) is 3.85. The molecule has 0 unspecified atom stereocenters. The van der Waals surface area contributed by atoms with Crippen LogP contribution >= 0.6 is 23.2 Å². The van der Waals surface area contributed by atoms with Crippen molar-refractivity contribution in [3.63, 3.8) is 0 Å². The van der Waals surface area contributed by atoms with Gasteiger partial charge in [-0.25, -0.2) is 8.42 Å². The number of rotatable bonds is 3. The largest absolute Gasteiger partial charge is 0.244 e. The van der Waals surface area contributed by atoms with Gasteiger partial charge in [-0.15, -0.1) is 0 Å². The Morgan fingerprint density at radius 3 is 2.35 bits per heavy atom. The van der Waals surface area contributed by atoms with Crippen molar-refractivity contribution in [2.75, 3.05) is 13.1 Å². The molecule has 0 atom stereocenters. The summed E-state index contributed by atoms with van der Waals surface area (Å²) in [6.45, 7) is 0.751. The van der Waals surface area contributed by atoms with Crippen LogP contribution in [0.2, 0.25) is 10.0 Å². The van der Waals surface area contributed by atoms with Crippen molar-refractivity contribution in [1.82, 2.24) is 4.31 Å². The molecule has 3 rings (SSSR count). The molecule has 3 nitrogen and oxygen atoms in total. The summed E-state index contributed by atoms with van der Waals surface area (Å²) in [5.41, 5.74) is 2.29. The first-order valence-corrected chi connectivity index (χ1v) is 9.38. The van der Waals surface area contributed by atoms with Crippen LogP contribution < -0.4 is 0 Å². The Labute approximate surface area is 146 Å². The first-order valence-electron chi connectivity index (χ1n) is 7.19. The van der Waals surface area contributed by atoms with E-state index in [1.54, 1.807) is 12.1 Å². The first kappa shape index (κ1) is 16.5. The summed E-state index contributed by atoms with van der Waals surface area (Å²) in [5, 5.41) is 0.317. The van der Waals surface area contributed by atoms with E-state index in [2.05, 4.69) is 0 Å². The van der Waals surface area contributed by atoms with Crippen LogP contribution in [0.4, 0.5) is 0 Å². The minimum atomic E-state index is -3.65. The van der Waals surface area contributed by atoms with Gasteiger partial charge in [0, 0.05) is 13.1 Å². The second kappa shape index (κ2) is 6.65. The molecule has 0 saturated heterocycles. The molecule has 23 heavy (non-hydrogen) atoms. The van der Waals surface area contributed by atoms with Crippen molar-refractivity contribution in [1.29, 1.82) is 0 Å². The highest BCUT2D eigenvalue weighted by Gasteiger charge is 2.28. The number of benzene rings is 2. The Kier molecular flexibility index (Phi) is 4.78. The summed E-state index contributed by atoms with van der Waals surface area (Å²) in [4.78, 5) is 0.0585. The molecule has 1 heterocycles. The van der Waals surface area contributed by atoms with Crippen LogP contribution in [0.25, 0.3) is 5.57 Å². The molecule has 1 aliphatic rings. The fourth-order valence-electron chi connectivity index (χ4n) is 2.61. The van der Waals surface area contributed by atoms with Crippen molar-refractivity contribution in [2.45, 2.75) is 11.3 Å². The van der Waals surface area contributed by atoms with Crippen LogP contribution in [-0.4, -0.2) is 25.8 Å². The highest BCUT2D eigenvalue weighted by atomic mass is 35.5. The van der Waals surface area contributed by atoms with Gasteiger partial charge in [-0.3, -0.25) is 0 Å². The van der Waals surface area contributed by atoms with Crippen LogP contribution in [-0.2, 0) is 10.0 Å². The highest BCUT2D eigenvalue weighted by Crippen LogP contribution is 2.32. The maximum absolute atomic E-state index is 12.8. The predicted octanol–water partition coefficient (Wildman–Crippen LogP) is 4.47. The van der Waals surface area contributed by atoms with Crippen LogP contribution in [0.3, 0.4) is 0 Å². The van der Waals surface area contributed by atoms with E-state index >= 15 is 0 Å². The van der Waals surface area contributed by atoms with Crippen LogP contribution in [0, 0.1) is 0 Å².